The van der Waals surface area contributed by atoms with E-state index < -0.39 is 0 Å². The van der Waals surface area contributed by atoms with Crippen molar-refractivity contribution in [3.05, 3.63) is 10.6 Å². The molecule has 0 spiro atoms. The second-order valence-corrected chi connectivity index (χ2v) is 5.03. The van der Waals surface area contributed by atoms with E-state index in [2.05, 4.69) is 20.9 Å². The molecule has 1 aromatic heterocycles. The molecule has 0 aromatic carbocycles. The third-order valence-corrected chi connectivity index (χ3v) is 3.60. The minimum absolute atomic E-state index is 0.113. The number of amides is 3. The lowest BCUT2D eigenvalue weighted by atomic mass is 10.2. The van der Waals surface area contributed by atoms with Gasteiger partial charge in [-0.15, -0.1) is 0 Å². The average molecular weight is 284 g/mol. The molecule has 2 rings (SSSR count). The third kappa shape index (κ3) is 3.65. The van der Waals surface area contributed by atoms with E-state index >= 15 is 0 Å². The molecule has 7 nitrogen and oxygen atoms in total. The highest BCUT2D eigenvalue weighted by Gasteiger charge is 2.21. The lowest BCUT2D eigenvalue weighted by Gasteiger charge is -2.04. The lowest BCUT2D eigenvalue weighted by molar-refractivity contribution is 0.0960. The van der Waals surface area contributed by atoms with Crippen molar-refractivity contribution in [1.82, 2.24) is 15.6 Å². The summed E-state index contributed by atoms with van der Waals surface area (Å²) in [4.78, 5) is 28.1. The summed E-state index contributed by atoms with van der Waals surface area (Å²) in [7, 11) is 1.57. The van der Waals surface area contributed by atoms with E-state index in [0.29, 0.717) is 29.7 Å². The number of rotatable bonds is 4. The Bertz CT molecular complexity index is 475. The molecular weight excluding hydrogens is 268 g/mol. The number of hydrogen-bond donors (Lipinski definition) is 3. The Morgan fingerprint density at radius 2 is 2.42 bits per heavy atom. The van der Waals surface area contributed by atoms with Gasteiger partial charge in [0, 0.05) is 20.2 Å². The first kappa shape index (κ1) is 13.8. The first-order valence-corrected chi connectivity index (χ1v) is 6.84. The molecule has 3 N–H and O–H groups in total. The Kier molecular flexibility index (Phi) is 4.69. The minimum atomic E-state index is -0.346. The van der Waals surface area contributed by atoms with Crippen molar-refractivity contribution in [3.63, 3.8) is 0 Å². The van der Waals surface area contributed by atoms with Crippen molar-refractivity contribution in [2.75, 3.05) is 32.1 Å². The topological polar surface area (TPSA) is 92.3 Å². The van der Waals surface area contributed by atoms with Crippen LogP contribution in [0, 0.1) is 0 Å². The number of nitrogens with one attached hydrogen (secondary N) is 3. The standard InChI is InChI=1S/C11H16N4O3S/c1-18-6-5-13-10(17)15-11-14-7-3-2-4-12-9(16)8(7)19-11/h2-6H2,1H3,(H,12,16)(H2,13,14,15,17). The lowest BCUT2D eigenvalue weighted by Crippen LogP contribution is -2.31. The highest BCUT2D eigenvalue weighted by Crippen LogP contribution is 2.25. The Hall–Kier alpha value is -1.67. The third-order valence-electron chi connectivity index (χ3n) is 2.59. The summed E-state index contributed by atoms with van der Waals surface area (Å²) >= 11 is 1.20. The molecule has 19 heavy (non-hydrogen) atoms. The molecule has 1 aromatic rings. The highest BCUT2D eigenvalue weighted by molar-refractivity contribution is 7.17. The Morgan fingerprint density at radius 1 is 1.58 bits per heavy atom. The number of urea groups is 1. The van der Waals surface area contributed by atoms with Crippen LogP contribution in [0.5, 0.6) is 0 Å². The number of fused-ring (bicyclic) bond motifs is 1. The van der Waals surface area contributed by atoms with Crippen LogP contribution in [0.3, 0.4) is 0 Å². The van der Waals surface area contributed by atoms with Crippen LogP contribution in [0.1, 0.15) is 21.8 Å². The van der Waals surface area contributed by atoms with Gasteiger partial charge in [-0.2, -0.15) is 0 Å². The highest BCUT2D eigenvalue weighted by atomic mass is 32.1. The number of hydrogen-bond acceptors (Lipinski definition) is 5. The van der Waals surface area contributed by atoms with Gasteiger partial charge in [0.25, 0.3) is 5.91 Å². The number of nitrogens with zero attached hydrogens (tertiary/aromatic N) is 1. The Labute approximate surface area is 114 Å². The molecule has 1 aliphatic rings. The zero-order valence-electron chi connectivity index (χ0n) is 10.6. The molecule has 3 amide bonds. The molecule has 2 heterocycles. The van der Waals surface area contributed by atoms with Gasteiger partial charge in [0.1, 0.15) is 4.88 Å². The summed E-state index contributed by atoms with van der Waals surface area (Å²) in [6, 6.07) is -0.346. The largest absolute Gasteiger partial charge is 0.383 e. The van der Waals surface area contributed by atoms with Crippen molar-refractivity contribution >= 4 is 28.4 Å². The second-order valence-electron chi connectivity index (χ2n) is 4.03. The maximum Gasteiger partial charge on any atom is 0.321 e. The van der Waals surface area contributed by atoms with Crippen LogP contribution in [0.4, 0.5) is 9.93 Å². The zero-order valence-corrected chi connectivity index (χ0v) is 11.4. The molecule has 0 saturated heterocycles. The quantitative estimate of drug-likeness (QED) is 0.705. The fraction of sp³-hybridized carbons (Fsp3) is 0.545. The fourth-order valence-electron chi connectivity index (χ4n) is 1.70. The monoisotopic (exact) mass is 284 g/mol. The van der Waals surface area contributed by atoms with Crippen LogP contribution in [-0.4, -0.2) is 43.7 Å². The summed E-state index contributed by atoms with van der Waals surface area (Å²) in [5.41, 5.74) is 0.757. The predicted octanol–water partition coefficient (Wildman–Crippen LogP) is 0.587. The van der Waals surface area contributed by atoms with Gasteiger partial charge in [-0.05, 0) is 12.8 Å². The fourth-order valence-corrected chi connectivity index (χ4v) is 2.62. The van der Waals surface area contributed by atoms with E-state index in [1.807, 2.05) is 0 Å². The second kappa shape index (κ2) is 6.48. The van der Waals surface area contributed by atoms with Crippen LogP contribution >= 0.6 is 11.3 Å². The summed E-state index contributed by atoms with van der Waals surface area (Å²) in [6.45, 7) is 1.54. The molecule has 0 saturated carbocycles. The zero-order chi connectivity index (χ0) is 13.7. The van der Waals surface area contributed by atoms with E-state index in [-0.39, 0.29) is 11.9 Å². The number of aryl methyl sites for hydroxylation is 1. The minimum Gasteiger partial charge on any atom is -0.383 e. The van der Waals surface area contributed by atoms with Crippen LogP contribution in [-0.2, 0) is 11.2 Å². The Balaban J connectivity index is 1.97. The van der Waals surface area contributed by atoms with Gasteiger partial charge in [-0.1, -0.05) is 11.3 Å². The number of methoxy groups -OCH3 is 1. The van der Waals surface area contributed by atoms with Gasteiger partial charge >= 0.3 is 6.03 Å². The molecule has 0 fully saturated rings. The van der Waals surface area contributed by atoms with Crippen molar-refractivity contribution in [3.8, 4) is 0 Å². The molecule has 8 heteroatoms. The van der Waals surface area contributed by atoms with Gasteiger partial charge < -0.3 is 15.4 Å². The SMILES string of the molecule is COCCNC(=O)Nc1nc2c(s1)C(=O)NCCC2. The van der Waals surface area contributed by atoms with E-state index in [4.69, 9.17) is 4.74 Å². The Morgan fingerprint density at radius 3 is 3.21 bits per heavy atom. The molecule has 104 valence electrons. The molecule has 0 bridgehead atoms. The summed E-state index contributed by atoms with van der Waals surface area (Å²) < 4.78 is 4.83. The average Bonchev–Trinajstić information content (AvgIpc) is 2.70. The van der Waals surface area contributed by atoms with Crippen molar-refractivity contribution in [1.29, 1.82) is 0 Å². The molecule has 0 aliphatic carbocycles. The number of carbonyl (C=O) groups is 2. The van der Waals surface area contributed by atoms with Crippen LogP contribution in [0.2, 0.25) is 0 Å². The number of thiazole rings is 1. The van der Waals surface area contributed by atoms with Crippen LogP contribution in [0.15, 0.2) is 0 Å². The number of anilines is 1. The predicted molar refractivity (Wildman–Crippen MR) is 71.7 cm³/mol. The number of aromatic nitrogens is 1. The molecule has 0 radical (unpaired) electrons. The first-order chi connectivity index (χ1) is 9.20. The smallest absolute Gasteiger partial charge is 0.321 e. The maximum atomic E-state index is 11.7. The summed E-state index contributed by atoms with van der Waals surface area (Å²) in [6.07, 6.45) is 1.61. The van der Waals surface area contributed by atoms with Crippen LogP contribution in [0.25, 0.3) is 0 Å². The van der Waals surface area contributed by atoms with Gasteiger partial charge in [0.2, 0.25) is 0 Å². The van der Waals surface area contributed by atoms with Crippen molar-refractivity contribution in [2.45, 2.75) is 12.8 Å². The van der Waals surface area contributed by atoms with Gasteiger partial charge in [-0.25, -0.2) is 9.78 Å². The van der Waals surface area contributed by atoms with Gasteiger partial charge in [0.05, 0.1) is 12.3 Å². The van der Waals surface area contributed by atoms with Crippen LogP contribution < -0.4 is 16.0 Å². The van der Waals surface area contributed by atoms with Crippen molar-refractivity contribution in [2.24, 2.45) is 0 Å². The van der Waals surface area contributed by atoms with Gasteiger partial charge in [0.15, 0.2) is 5.13 Å². The molecule has 0 atom stereocenters. The summed E-state index contributed by atoms with van der Waals surface area (Å²) in [5.74, 6) is -0.113. The van der Waals surface area contributed by atoms with E-state index in [1.165, 1.54) is 11.3 Å². The van der Waals surface area contributed by atoms with Gasteiger partial charge in [-0.3, -0.25) is 10.1 Å². The normalized spacial score (nSPS) is 14.3. The first-order valence-electron chi connectivity index (χ1n) is 6.02. The molecule has 1 aliphatic heterocycles. The maximum absolute atomic E-state index is 11.7. The van der Waals surface area contributed by atoms with E-state index in [9.17, 15) is 9.59 Å². The van der Waals surface area contributed by atoms with Crippen molar-refractivity contribution < 1.29 is 14.3 Å². The van der Waals surface area contributed by atoms with E-state index in [0.717, 1.165) is 18.5 Å². The molecule has 0 unspecified atom stereocenters. The number of carbonyl (C=O) groups excluding carboxylic acids is 2. The summed E-state index contributed by atoms with van der Waals surface area (Å²) in [5, 5.41) is 8.49. The number of ether oxygens (including phenoxy) is 1. The molecular formula is C11H16N4O3S. The van der Waals surface area contributed by atoms with E-state index in [1.54, 1.807) is 7.11 Å².